The summed E-state index contributed by atoms with van der Waals surface area (Å²) in [4.78, 5) is 14.1. The fraction of sp³-hybridized carbons (Fsp3) is 0.500. The lowest BCUT2D eigenvalue weighted by molar-refractivity contribution is -0.137. The Bertz CT molecular complexity index is 512. The van der Waals surface area contributed by atoms with Crippen molar-refractivity contribution < 1.29 is 18.0 Å². The Morgan fingerprint density at radius 1 is 1.40 bits per heavy atom. The number of halogens is 4. The molecule has 0 N–H and O–H groups in total. The number of alkyl halides is 3. The molecule has 1 aliphatic carbocycles. The van der Waals surface area contributed by atoms with Crippen LogP contribution in [-0.2, 0) is 6.18 Å². The monoisotopic (exact) mass is 349 g/mol. The molecule has 0 unspecified atom stereocenters. The van der Waals surface area contributed by atoms with E-state index in [1.165, 1.54) is 6.07 Å². The van der Waals surface area contributed by atoms with Crippen LogP contribution in [0.15, 0.2) is 22.7 Å². The Balaban J connectivity index is 2.32. The first-order valence-electron chi connectivity index (χ1n) is 6.52. The third-order valence-electron chi connectivity index (χ3n) is 3.24. The zero-order valence-corrected chi connectivity index (χ0v) is 12.6. The number of benzene rings is 1. The molecule has 0 saturated heterocycles. The van der Waals surface area contributed by atoms with Crippen LogP contribution in [0.2, 0.25) is 0 Å². The van der Waals surface area contributed by atoms with Crippen molar-refractivity contribution in [2.75, 3.05) is 6.54 Å². The number of amides is 1. The van der Waals surface area contributed by atoms with Crippen LogP contribution in [0.5, 0.6) is 0 Å². The van der Waals surface area contributed by atoms with Crippen molar-refractivity contribution in [2.24, 2.45) is 0 Å². The molecule has 0 atom stereocenters. The van der Waals surface area contributed by atoms with Gasteiger partial charge in [-0.1, -0.05) is 6.92 Å². The summed E-state index contributed by atoms with van der Waals surface area (Å²) in [6, 6.07) is 3.37. The Morgan fingerprint density at radius 3 is 2.55 bits per heavy atom. The zero-order chi connectivity index (χ0) is 14.9. The Kier molecular flexibility index (Phi) is 4.42. The molecule has 1 fully saturated rings. The van der Waals surface area contributed by atoms with Gasteiger partial charge in [-0.3, -0.25) is 4.79 Å². The summed E-state index contributed by atoms with van der Waals surface area (Å²) in [5.74, 6) is -0.327. The summed E-state index contributed by atoms with van der Waals surface area (Å²) in [5.41, 5.74) is -0.712. The first-order chi connectivity index (χ1) is 9.34. The molecule has 1 aromatic carbocycles. The largest absolute Gasteiger partial charge is 0.416 e. The molecule has 1 saturated carbocycles. The molecule has 2 rings (SSSR count). The maximum absolute atomic E-state index is 12.7. The number of carbonyl (C=O) groups excluding carboxylic acids is 1. The first-order valence-corrected chi connectivity index (χ1v) is 7.31. The maximum Gasteiger partial charge on any atom is 0.416 e. The van der Waals surface area contributed by atoms with Gasteiger partial charge in [0.05, 0.1) is 11.1 Å². The third-order valence-corrected chi connectivity index (χ3v) is 3.93. The minimum atomic E-state index is -4.44. The van der Waals surface area contributed by atoms with Gasteiger partial charge < -0.3 is 4.90 Å². The Labute approximate surface area is 124 Å². The van der Waals surface area contributed by atoms with E-state index in [4.69, 9.17) is 0 Å². The van der Waals surface area contributed by atoms with Crippen molar-refractivity contribution in [3.8, 4) is 0 Å². The van der Waals surface area contributed by atoms with Crippen molar-refractivity contribution in [3.63, 3.8) is 0 Å². The van der Waals surface area contributed by atoms with Gasteiger partial charge in [0.2, 0.25) is 0 Å². The van der Waals surface area contributed by atoms with Crippen molar-refractivity contribution in [3.05, 3.63) is 33.8 Å². The SMILES string of the molecule is CCCN(C(=O)c1cc(C(F)(F)F)ccc1Br)C1CC1. The number of carbonyl (C=O) groups is 1. The summed E-state index contributed by atoms with van der Waals surface area (Å²) in [5, 5.41) is 0. The molecule has 0 radical (unpaired) electrons. The molecule has 20 heavy (non-hydrogen) atoms. The molecular formula is C14H15BrF3NO. The number of nitrogens with zero attached hydrogens (tertiary/aromatic N) is 1. The van der Waals surface area contributed by atoms with Crippen molar-refractivity contribution >= 4 is 21.8 Å². The predicted molar refractivity (Wildman–Crippen MR) is 73.5 cm³/mol. The minimum absolute atomic E-state index is 0.0835. The van der Waals surface area contributed by atoms with Crippen molar-refractivity contribution in [1.82, 2.24) is 4.90 Å². The van der Waals surface area contributed by atoms with Gasteiger partial charge in [-0.25, -0.2) is 0 Å². The van der Waals surface area contributed by atoms with Gasteiger partial charge in [0.1, 0.15) is 0 Å². The highest BCUT2D eigenvalue weighted by atomic mass is 79.9. The molecule has 1 aliphatic rings. The lowest BCUT2D eigenvalue weighted by Gasteiger charge is -2.23. The topological polar surface area (TPSA) is 20.3 Å². The average Bonchev–Trinajstić information content (AvgIpc) is 3.18. The highest BCUT2D eigenvalue weighted by molar-refractivity contribution is 9.10. The molecule has 0 spiro atoms. The summed E-state index contributed by atoms with van der Waals surface area (Å²) in [7, 11) is 0. The van der Waals surface area contributed by atoms with E-state index in [-0.39, 0.29) is 17.5 Å². The van der Waals surface area contributed by atoms with E-state index in [2.05, 4.69) is 15.9 Å². The van der Waals surface area contributed by atoms with Crippen LogP contribution < -0.4 is 0 Å². The van der Waals surface area contributed by atoms with Crippen LogP contribution in [-0.4, -0.2) is 23.4 Å². The fourth-order valence-corrected chi connectivity index (χ4v) is 2.51. The minimum Gasteiger partial charge on any atom is -0.336 e. The maximum atomic E-state index is 12.7. The summed E-state index contributed by atoms with van der Waals surface area (Å²) < 4.78 is 38.6. The van der Waals surface area contributed by atoms with E-state index in [1.807, 2.05) is 6.92 Å². The van der Waals surface area contributed by atoms with Crippen LogP contribution in [0.4, 0.5) is 13.2 Å². The van der Waals surface area contributed by atoms with Gasteiger partial charge >= 0.3 is 6.18 Å². The van der Waals surface area contributed by atoms with Gasteiger partial charge in [0, 0.05) is 17.1 Å². The van der Waals surface area contributed by atoms with Gasteiger partial charge in [-0.05, 0) is 53.4 Å². The van der Waals surface area contributed by atoms with Crippen LogP contribution in [0, 0.1) is 0 Å². The van der Waals surface area contributed by atoms with Crippen LogP contribution in [0.1, 0.15) is 42.1 Å². The molecule has 0 heterocycles. The predicted octanol–water partition coefficient (Wildman–Crippen LogP) is 4.48. The van der Waals surface area contributed by atoms with Crippen LogP contribution in [0.3, 0.4) is 0 Å². The standard InChI is InChI=1S/C14H15BrF3NO/c1-2-7-19(10-4-5-10)13(20)11-8-9(14(16,17)18)3-6-12(11)15/h3,6,8,10H,2,4-5,7H2,1H3. The fourth-order valence-electron chi connectivity index (χ4n) is 2.10. The van der Waals surface area contributed by atoms with Gasteiger partial charge in [0.25, 0.3) is 5.91 Å². The van der Waals surface area contributed by atoms with E-state index < -0.39 is 11.7 Å². The second-order valence-corrected chi connectivity index (χ2v) is 5.78. The smallest absolute Gasteiger partial charge is 0.336 e. The first kappa shape index (κ1) is 15.4. The van der Waals surface area contributed by atoms with Crippen LogP contribution >= 0.6 is 15.9 Å². The lowest BCUT2D eigenvalue weighted by Crippen LogP contribution is -2.34. The number of rotatable bonds is 4. The van der Waals surface area contributed by atoms with E-state index in [9.17, 15) is 18.0 Å². The van der Waals surface area contributed by atoms with Gasteiger partial charge in [-0.2, -0.15) is 13.2 Å². The Hall–Kier alpha value is -1.04. The highest BCUT2D eigenvalue weighted by Crippen LogP contribution is 2.34. The molecule has 6 heteroatoms. The number of hydrogen-bond donors (Lipinski definition) is 0. The van der Waals surface area contributed by atoms with E-state index in [0.29, 0.717) is 11.0 Å². The van der Waals surface area contributed by atoms with Crippen molar-refractivity contribution in [2.45, 2.75) is 38.4 Å². The molecule has 0 aliphatic heterocycles. The molecule has 0 bridgehead atoms. The molecule has 1 amide bonds. The quantitative estimate of drug-likeness (QED) is 0.784. The molecule has 1 aromatic rings. The van der Waals surface area contributed by atoms with E-state index in [0.717, 1.165) is 31.4 Å². The summed E-state index contributed by atoms with van der Waals surface area (Å²) in [6.45, 7) is 2.52. The second-order valence-electron chi connectivity index (χ2n) is 4.92. The Morgan fingerprint density at radius 2 is 2.05 bits per heavy atom. The zero-order valence-electron chi connectivity index (χ0n) is 11.0. The lowest BCUT2D eigenvalue weighted by atomic mass is 10.1. The summed E-state index contributed by atoms with van der Waals surface area (Å²) in [6.07, 6.45) is -1.78. The molecular weight excluding hydrogens is 335 g/mol. The average molecular weight is 350 g/mol. The van der Waals surface area contributed by atoms with Gasteiger partial charge in [0.15, 0.2) is 0 Å². The van der Waals surface area contributed by atoms with Gasteiger partial charge in [-0.15, -0.1) is 0 Å². The van der Waals surface area contributed by atoms with E-state index >= 15 is 0 Å². The second kappa shape index (κ2) is 5.76. The number of hydrogen-bond acceptors (Lipinski definition) is 1. The molecule has 2 nitrogen and oxygen atoms in total. The summed E-state index contributed by atoms with van der Waals surface area (Å²) >= 11 is 3.17. The van der Waals surface area contributed by atoms with Crippen molar-refractivity contribution in [1.29, 1.82) is 0 Å². The van der Waals surface area contributed by atoms with E-state index in [1.54, 1.807) is 4.90 Å². The molecule has 110 valence electrons. The van der Waals surface area contributed by atoms with Crippen LogP contribution in [0.25, 0.3) is 0 Å². The normalized spacial score (nSPS) is 15.2. The molecule has 0 aromatic heterocycles. The third kappa shape index (κ3) is 3.34. The highest BCUT2D eigenvalue weighted by Gasteiger charge is 2.35.